The van der Waals surface area contributed by atoms with Crippen molar-refractivity contribution in [3.63, 3.8) is 0 Å². The topological polar surface area (TPSA) is 80.3 Å². The maximum atomic E-state index is 8.52. The van der Waals surface area contributed by atoms with Crippen molar-refractivity contribution < 1.29 is 37.9 Å². The average Bonchev–Trinajstić information content (AvgIpc) is 0.722. The van der Waals surface area contributed by atoms with Gasteiger partial charge in [0.15, 0.2) is 0 Å². The van der Waals surface area contributed by atoms with Crippen LogP contribution in [0, 0.1) is 0 Å². The van der Waals surface area contributed by atoms with Crippen LogP contribution in [0.4, 0.5) is 0 Å². The van der Waals surface area contributed by atoms with Crippen molar-refractivity contribution in [1.29, 1.82) is 0 Å². The van der Waals surface area contributed by atoms with Crippen molar-refractivity contribution >= 4 is 20.3 Å². The van der Waals surface area contributed by atoms with E-state index in [1.807, 2.05) is 0 Å². The van der Waals surface area contributed by atoms with Crippen LogP contribution in [0.5, 0.6) is 0 Å². The Kier molecular flexibility index (Phi) is 11.4. The van der Waals surface area contributed by atoms with Crippen molar-refractivity contribution in [2.24, 2.45) is 0 Å². The zero-order valence-corrected chi connectivity index (χ0v) is 6.85. The fraction of sp³-hybridized carbons (Fsp3) is 0. The molecule has 0 aromatic heterocycles. The molecule has 4 nitrogen and oxygen atoms in total. The molecule has 0 N–H and O–H groups in total. The van der Waals surface area contributed by atoms with Crippen LogP contribution < -0.4 is 0 Å². The third-order valence-electron chi connectivity index (χ3n) is 0. The van der Waals surface area contributed by atoms with Crippen LogP contribution in [0.1, 0.15) is 0 Å². The Morgan fingerprint density at radius 2 is 1.14 bits per heavy atom. The predicted octanol–water partition coefficient (Wildman–Crippen LogP) is -1.28. The van der Waals surface area contributed by atoms with Crippen molar-refractivity contribution in [2.45, 2.75) is 0 Å². The number of rotatable bonds is 0. The van der Waals surface area contributed by atoms with E-state index in [1.54, 1.807) is 0 Å². The zero-order valence-electron chi connectivity index (χ0n) is 3.06. The van der Waals surface area contributed by atoms with Crippen LogP contribution >= 0.6 is 9.90 Å². The molecular formula is H3O4PPdS. The Morgan fingerprint density at radius 3 is 1.14 bits per heavy atom. The molecule has 0 bridgehead atoms. The van der Waals surface area contributed by atoms with Gasteiger partial charge in [0.2, 0.25) is 0 Å². The van der Waals surface area contributed by atoms with Gasteiger partial charge in [-0.1, -0.05) is 0 Å². The molecule has 0 aliphatic carbocycles. The molecule has 1 atom stereocenters. The maximum absolute atomic E-state index is 8.52. The largest absolute Gasteiger partial charge is 2.00 e. The summed E-state index contributed by atoms with van der Waals surface area (Å²) in [5, 5.41) is 0. The summed E-state index contributed by atoms with van der Waals surface area (Å²) in [4.78, 5) is 0. The minimum Gasteiger partial charge on any atom is -0.759 e. The van der Waals surface area contributed by atoms with Crippen molar-refractivity contribution in [1.82, 2.24) is 0 Å². The van der Waals surface area contributed by atoms with Gasteiger partial charge < -0.3 is 9.11 Å². The second-order valence-corrected chi connectivity index (χ2v) is 1.22. The Bertz CT molecular complexity index is 94.9. The van der Waals surface area contributed by atoms with Crippen molar-refractivity contribution in [3.05, 3.63) is 0 Å². The summed E-state index contributed by atoms with van der Waals surface area (Å²) in [6.07, 6.45) is 0. The molecule has 0 aromatic carbocycles. The fourth-order valence-electron chi connectivity index (χ4n) is 0. The van der Waals surface area contributed by atoms with Gasteiger partial charge in [0.25, 0.3) is 0 Å². The molecule has 7 heteroatoms. The van der Waals surface area contributed by atoms with Gasteiger partial charge in [-0.15, -0.1) is 0 Å². The Labute approximate surface area is 58.5 Å². The molecule has 0 saturated heterocycles. The third kappa shape index (κ3) is 185. The summed E-state index contributed by atoms with van der Waals surface area (Å²) in [5.74, 6) is 0. The standard InChI is InChI=1S/H2O4S.H3P.Pd/c1-5(2,3)4;;/h(H2,1,2,3,4);1H3;/q;;+2/p-2. The molecule has 48 valence electrons. The van der Waals surface area contributed by atoms with E-state index in [-0.39, 0.29) is 30.3 Å². The first-order valence-electron chi connectivity index (χ1n) is 0.667. The average molecular weight is 236 g/mol. The second-order valence-electron chi connectivity index (χ2n) is 0.408. The van der Waals surface area contributed by atoms with Gasteiger partial charge in [-0.3, -0.25) is 8.42 Å². The summed E-state index contributed by atoms with van der Waals surface area (Å²) >= 11 is 0. The van der Waals surface area contributed by atoms with Crippen LogP contribution in [0.25, 0.3) is 0 Å². The monoisotopic (exact) mass is 236 g/mol. The van der Waals surface area contributed by atoms with Gasteiger partial charge in [-0.2, -0.15) is 9.90 Å². The molecule has 0 fully saturated rings. The molecule has 0 aliphatic rings. The molecule has 0 amide bonds. The minimum atomic E-state index is -5.17. The van der Waals surface area contributed by atoms with Crippen LogP contribution in [0.3, 0.4) is 0 Å². The summed E-state index contributed by atoms with van der Waals surface area (Å²) in [5.41, 5.74) is 0. The second kappa shape index (κ2) is 5.11. The number of hydrogen-bond donors (Lipinski definition) is 0. The summed E-state index contributed by atoms with van der Waals surface area (Å²) in [6, 6.07) is 0. The molecule has 0 heterocycles. The van der Waals surface area contributed by atoms with E-state index < -0.39 is 10.4 Å². The normalized spacial score (nSPS) is 8.29. The van der Waals surface area contributed by atoms with E-state index in [2.05, 4.69) is 0 Å². The molecule has 7 heavy (non-hydrogen) atoms. The van der Waals surface area contributed by atoms with E-state index >= 15 is 0 Å². The first-order valence-corrected chi connectivity index (χ1v) is 2.00. The van der Waals surface area contributed by atoms with E-state index in [0.29, 0.717) is 0 Å². The van der Waals surface area contributed by atoms with Gasteiger partial charge in [0.1, 0.15) is 0 Å². The third-order valence-corrected chi connectivity index (χ3v) is 0. The molecule has 0 spiro atoms. The van der Waals surface area contributed by atoms with Gasteiger partial charge in [-0.05, 0) is 0 Å². The molecule has 0 radical (unpaired) electrons. The van der Waals surface area contributed by atoms with Gasteiger partial charge >= 0.3 is 20.4 Å². The zero-order chi connectivity index (χ0) is 4.50. The first-order chi connectivity index (χ1) is 2.00. The Hall–Kier alpha value is 0.962. The SMILES string of the molecule is O=S(=O)([O-])[O-].P.[Pd+2]. The maximum Gasteiger partial charge on any atom is 2.00 e. The van der Waals surface area contributed by atoms with Crippen molar-refractivity contribution in [2.75, 3.05) is 0 Å². The quantitative estimate of drug-likeness (QED) is 0.227. The predicted molar refractivity (Wildman–Crippen MR) is 21.6 cm³/mol. The van der Waals surface area contributed by atoms with E-state index in [0.717, 1.165) is 0 Å². The van der Waals surface area contributed by atoms with Gasteiger partial charge in [0.05, 0.1) is 0 Å². The van der Waals surface area contributed by atoms with Gasteiger partial charge in [-0.25, -0.2) is 0 Å². The molecular weight excluding hydrogens is 233 g/mol. The minimum absolute atomic E-state index is 0. The summed E-state index contributed by atoms with van der Waals surface area (Å²) in [7, 11) is -5.17. The van der Waals surface area contributed by atoms with E-state index in [9.17, 15) is 0 Å². The number of hydrogen-bond acceptors (Lipinski definition) is 4. The Balaban J connectivity index is -0.0000000800. The molecule has 0 aliphatic heterocycles. The first kappa shape index (κ1) is 15.7. The van der Waals surface area contributed by atoms with E-state index in [1.165, 1.54) is 0 Å². The van der Waals surface area contributed by atoms with Crippen LogP contribution in [0.15, 0.2) is 0 Å². The van der Waals surface area contributed by atoms with Crippen LogP contribution in [0.2, 0.25) is 0 Å². The Morgan fingerprint density at radius 1 is 1.14 bits per heavy atom. The van der Waals surface area contributed by atoms with Crippen LogP contribution in [-0.2, 0) is 30.8 Å². The molecule has 0 aromatic rings. The summed E-state index contributed by atoms with van der Waals surface area (Å²) < 4.78 is 34.1. The van der Waals surface area contributed by atoms with Gasteiger partial charge in [0, 0.05) is 10.4 Å². The summed E-state index contributed by atoms with van der Waals surface area (Å²) in [6.45, 7) is 0. The smallest absolute Gasteiger partial charge is 0.759 e. The fourth-order valence-corrected chi connectivity index (χ4v) is 0. The van der Waals surface area contributed by atoms with Crippen LogP contribution in [-0.4, -0.2) is 17.5 Å². The molecule has 0 rings (SSSR count). The van der Waals surface area contributed by atoms with Crippen molar-refractivity contribution in [3.8, 4) is 0 Å². The molecule has 0 saturated carbocycles. The molecule has 1 unspecified atom stereocenters. The van der Waals surface area contributed by atoms with E-state index in [4.69, 9.17) is 17.5 Å².